The van der Waals surface area contributed by atoms with Crippen molar-refractivity contribution < 1.29 is 18.9 Å². The van der Waals surface area contributed by atoms with E-state index >= 15 is 0 Å². The molecule has 2 heterocycles. The van der Waals surface area contributed by atoms with Gasteiger partial charge in [-0.15, -0.1) is 0 Å². The van der Waals surface area contributed by atoms with Gasteiger partial charge in [0.2, 0.25) is 0 Å². The second-order valence-corrected chi connectivity index (χ2v) is 5.03. The third kappa shape index (κ3) is 2.06. The maximum atomic E-state index is 8.87. The largest absolute Gasteiger partial charge is 0.347 e. The third-order valence-corrected chi connectivity index (χ3v) is 3.75. The van der Waals surface area contributed by atoms with Gasteiger partial charge in [0.05, 0.1) is 38.9 Å². The first-order valence-corrected chi connectivity index (χ1v) is 6.19. The predicted molar refractivity (Wildman–Crippen MR) is 56.8 cm³/mol. The van der Waals surface area contributed by atoms with Crippen LogP contribution in [0.4, 0.5) is 0 Å². The molecule has 0 bridgehead atoms. The normalized spacial score (nSPS) is 34.2. The monoisotopic (exact) mass is 239 g/mol. The van der Waals surface area contributed by atoms with Crippen molar-refractivity contribution in [3.05, 3.63) is 0 Å². The zero-order valence-electron chi connectivity index (χ0n) is 9.81. The average molecular weight is 239 g/mol. The van der Waals surface area contributed by atoms with Gasteiger partial charge in [0.15, 0.2) is 11.6 Å². The minimum absolute atomic E-state index is 0.227. The first-order chi connectivity index (χ1) is 8.26. The summed E-state index contributed by atoms with van der Waals surface area (Å²) in [4.78, 5) is 0. The quantitative estimate of drug-likeness (QED) is 0.687. The van der Waals surface area contributed by atoms with E-state index in [9.17, 15) is 0 Å². The Morgan fingerprint density at radius 3 is 1.82 bits per heavy atom. The van der Waals surface area contributed by atoms with Crippen LogP contribution in [0.1, 0.15) is 25.7 Å². The molecule has 1 saturated carbocycles. The fraction of sp³-hybridized carbons (Fsp3) is 0.917. The smallest absolute Gasteiger partial charge is 0.173 e. The molecule has 3 fully saturated rings. The van der Waals surface area contributed by atoms with Crippen molar-refractivity contribution in [3.8, 4) is 6.07 Å². The molecule has 3 rings (SSSR count). The molecular weight excluding hydrogens is 222 g/mol. The Kier molecular flexibility index (Phi) is 2.83. The molecule has 0 atom stereocenters. The average Bonchev–Trinajstić information content (AvgIpc) is 2.89. The molecule has 0 N–H and O–H groups in total. The van der Waals surface area contributed by atoms with Crippen molar-refractivity contribution in [3.63, 3.8) is 0 Å². The van der Waals surface area contributed by atoms with Crippen LogP contribution in [0.25, 0.3) is 0 Å². The van der Waals surface area contributed by atoms with Gasteiger partial charge in [-0.25, -0.2) is 0 Å². The molecule has 94 valence electrons. The first-order valence-electron chi connectivity index (χ1n) is 6.19. The van der Waals surface area contributed by atoms with E-state index in [4.69, 9.17) is 24.2 Å². The molecule has 17 heavy (non-hydrogen) atoms. The molecule has 5 nitrogen and oxygen atoms in total. The lowest BCUT2D eigenvalue weighted by atomic mass is 9.79. The van der Waals surface area contributed by atoms with E-state index in [1.54, 1.807) is 0 Å². The van der Waals surface area contributed by atoms with Gasteiger partial charge in [-0.05, 0) is 5.92 Å². The fourth-order valence-corrected chi connectivity index (χ4v) is 3.21. The lowest BCUT2D eigenvalue weighted by Crippen LogP contribution is -2.50. The molecule has 2 spiro atoms. The van der Waals surface area contributed by atoms with Gasteiger partial charge >= 0.3 is 0 Å². The summed E-state index contributed by atoms with van der Waals surface area (Å²) in [5, 5.41) is 8.87. The summed E-state index contributed by atoms with van der Waals surface area (Å²) in [5.74, 6) is -0.932. The Hall–Kier alpha value is -0.670. The van der Waals surface area contributed by atoms with Crippen LogP contribution in [0, 0.1) is 17.2 Å². The summed E-state index contributed by atoms with van der Waals surface area (Å²) in [6.45, 7) is 2.48. The number of rotatable bonds is 1. The maximum Gasteiger partial charge on any atom is 0.173 e. The number of nitrogens with zero attached hydrogens (tertiary/aromatic N) is 1. The second-order valence-electron chi connectivity index (χ2n) is 5.03. The summed E-state index contributed by atoms with van der Waals surface area (Å²) >= 11 is 0. The lowest BCUT2D eigenvalue weighted by Gasteiger charge is -2.44. The van der Waals surface area contributed by atoms with Crippen molar-refractivity contribution in [1.29, 1.82) is 5.26 Å². The van der Waals surface area contributed by atoms with Crippen LogP contribution in [-0.2, 0) is 18.9 Å². The van der Waals surface area contributed by atoms with Crippen LogP contribution < -0.4 is 0 Å². The van der Waals surface area contributed by atoms with Gasteiger partial charge in [-0.3, -0.25) is 0 Å². The van der Waals surface area contributed by atoms with E-state index in [1.807, 2.05) is 0 Å². The topological polar surface area (TPSA) is 60.7 Å². The zero-order chi connectivity index (χ0) is 11.8. The van der Waals surface area contributed by atoms with E-state index in [-0.39, 0.29) is 5.92 Å². The highest BCUT2D eigenvalue weighted by Gasteiger charge is 2.54. The van der Waals surface area contributed by atoms with Crippen molar-refractivity contribution >= 4 is 0 Å². The second kappa shape index (κ2) is 4.21. The van der Waals surface area contributed by atoms with Gasteiger partial charge in [0.1, 0.15) is 0 Å². The molecule has 5 heteroatoms. The highest BCUT2D eigenvalue weighted by atomic mass is 16.8. The summed E-state index contributed by atoms with van der Waals surface area (Å²) in [6, 6.07) is 2.23. The molecule has 3 aliphatic rings. The molecule has 1 aliphatic carbocycles. The van der Waals surface area contributed by atoms with Gasteiger partial charge < -0.3 is 18.9 Å². The first kappa shape index (κ1) is 11.4. The predicted octanol–water partition coefficient (Wildman–Crippen LogP) is 1.19. The summed E-state index contributed by atoms with van der Waals surface area (Å²) in [5.41, 5.74) is 0. The van der Waals surface area contributed by atoms with Crippen LogP contribution in [0.3, 0.4) is 0 Å². The number of hydrogen-bond acceptors (Lipinski definition) is 5. The number of ether oxygens (including phenoxy) is 4. The summed E-state index contributed by atoms with van der Waals surface area (Å²) < 4.78 is 23.0. The molecule has 0 aromatic heterocycles. The van der Waals surface area contributed by atoms with Crippen molar-refractivity contribution in [2.75, 3.05) is 26.4 Å². The van der Waals surface area contributed by atoms with E-state index in [2.05, 4.69) is 6.07 Å². The van der Waals surface area contributed by atoms with Gasteiger partial charge in [-0.1, -0.05) is 0 Å². The van der Waals surface area contributed by atoms with Crippen LogP contribution in [0.15, 0.2) is 0 Å². The van der Waals surface area contributed by atoms with Gasteiger partial charge in [0.25, 0.3) is 0 Å². The van der Waals surface area contributed by atoms with Crippen molar-refractivity contribution in [2.24, 2.45) is 5.92 Å². The molecule has 2 aliphatic heterocycles. The molecule has 2 saturated heterocycles. The Labute approximate surface area is 101 Å². The number of hydrogen-bond donors (Lipinski definition) is 0. The van der Waals surface area contributed by atoms with Crippen LogP contribution in [0.2, 0.25) is 0 Å². The highest BCUT2D eigenvalue weighted by Crippen LogP contribution is 2.48. The Balaban J connectivity index is 1.80. The zero-order valence-corrected chi connectivity index (χ0v) is 9.81. The standard InChI is InChI=1S/C12H17NO4/c13-2-1-10-7-11(14-3-4-15-11)9-12(8-10)16-5-6-17-12/h10H,1,3-9H2. The van der Waals surface area contributed by atoms with E-state index < -0.39 is 11.6 Å². The Bertz CT molecular complexity index is 302. The minimum atomic E-state index is -0.579. The van der Waals surface area contributed by atoms with Crippen LogP contribution >= 0.6 is 0 Å². The lowest BCUT2D eigenvalue weighted by molar-refractivity contribution is -0.284. The summed E-state index contributed by atoms with van der Waals surface area (Å²) in [6.07, 6.45) is 2.68. The Morgan fingerprint density at radius 1 is 0.941 bits per heavy atom. The number of nitriles is 1. The van der Waals surface area contributed by atoms with E-state index in [0.29, 0.717) is 39.3 Å². The molecule has 0 aromatic carbocycles. The maximum absolute atomic E-state index is 8.87. The molecular formula is C12H17NO4. The molecule has 0 amide bonds. The summed E-state index contributed by atoms with van der Waals surface area (Å²) in [7, 11) is 0. The Morgan fingerprint density at radius 2 is 1.41 bits per heavy atom. The molecule has 0 radical (unpaired) electrons. The fourth-order valence-electron chi connectivity index (χ4n) is 3.21. The molecule has 0 unspecified atom stereocenters. The molecule has 0 aromatic rings. The van der Waals surface area contributed by atoms with Gasteiger partial charge in [0, 0.05) is 19.3 Å². The van der Waals surface area contributed by atoms with Gasteiger partial charge in [-0.2, -0.15) is 5.26 Å². The highest BCUT2D eigenvalue weighted by molar-refractivity contribution is 4.96. The third-order valence-electron chi connectivity index (χ3n) is 3.75. The minimum Gasteiger partial charge on any atom is -0.347 e. The van der Waals surface area contributed by atoms with E-state index in [0.717, 1.165) is 12.8 Å². The van der Waals surface area contributed by atoms with Crippen LogP contribution in [-0.4, -0.2) is 38.0 Å². The van der Waals surface area contributed by atoms with Crippen LogP contribution in [0.5, 0.6) is 0 Å². The van der Waals surface area contributed by atoms with Crippen molar-refractivity contribution in [2.45, 2.75) is 37.3 Å². The van der Waals surface area contributed by atoms with E-state index in [1.165, 1.54) is 0 Å². The van der Waals surface area contributed by atoms with Crippen molar-refractivity contribution in [1.82, 2.24) is 0 Å². The SMILES string of the molecule is N#CCC1CC2(CC3(C1)OCCO3)OCCO2.